The van der Waals surface area contributed by atoms with Gasteiger partial charge in [0.2, 0.25) is 0 Å². The van der Waals surface area contributed by atoms with Crippen LogP contribution in [0.25, 0.3) is 98.1 Å². The van der Waals surface area contributed by atoms with Crippen molar-refractivity contribution in [2.75, 3.05) is 9.80 Å². The lowest BCUT2D eigenvalue weighted by Gasteiger charge is -2.38. The molecule has 0 radical (unpaired) electrons. The molecule has 0 atom stereocenters. The first kappa shape index (κ1) is 40.7. The first-order chi connectivity index (χ1) is 35.4. The Bertz CT molecular complexity index is 4580. The lowest BCUT2D eigenvalue weighted by atomic mass is 9.67. The van der Waals surface area contributed by atoms with Crippen LogP contribution in [0, 0.1) is 6.92 Å². The van der Waals surface area contributed by atoms with Crippen LogP contribution in [-0.2, 0) is 5.41 Å². The van der Waals surface area contributed by atoms with E-state index in [9.17, 15) is 0 Å². The molecule has 0 saturated heterocycles. The summed E-state index contributed by atoms with van der Waals surface area (Å²) in [5.41, 5.74) is 16.0. The third kappa shape index (κ3) is 5.75. The monoisotopic (exact) mass is 922 g/mol. The SMILES string of the molecule is Cc1c2c3c(cccc3c3cc(N(c4cccc5ccccc45)c4cccc5c4oc4ccccc45)ccc13)C(C)(C)c1cc(N(c3cccc4ccccc34)c3cccc4c3oc3ccccc34)ccc1-2. The van der Waals surface area contributed by atoms with E-state index >= 15 is 0 Å². The second-order valence-corrected chi connectivity index (χ2v) is 20.0. The van der Waals surface area contributed by atoms with E-state index in [1.54, 1.807) is 0 Å². The summed E-state index contributed by atoms with van der Waals surface area (Å²) in [5, 5.41) is 14.2. The number of benzene rings is 12. The highest BCUT2D eigenvalue weighted by Gasteiger charge is 2.36. The van der Waals surface area contributed by atoms with E-state index < -0.39 is 0 Å². The quantitative estimate of drug-likeness (QED) is 0.156. The number of furan rings is 2. The maximum absolute atomic E-state index is 6.79. The van der Waals surface area contributed by atoms with Crippen molar-refractivity contribution in [3.05, 3.63) is 241 Å². The number of hydrogen-bond acceptors (Lipinski definition) is 4. The molecular weight excluding hydrogens is 877 g/mol. The Kier molecular flexibility index (Phi) is 8.59. The standard InChI is InChI=1S/C68H46N2O2/c1-41-46-37-35-44(69(58-29-12-19-42-17-4-6-21-47(42)58)60-31-15-26-52-49-23-8-10-33-62(49)71-66(52)60)39-55(46)51-25-14-28-56-65(51)64(41)54-38-36-45(40-57(54)68(56,2)3)70(59-30-13-20-43-18-5-7-22-48(43)59)61-32-16-27-53-50-24-9-11-34-63(50)72-67(53)61/h4-40H,1-3H3. The summed E-state index contributed by atoms with van der Waals surface area (Å²) in [6.07, 6.45) is 0. The summed E-state index contributed by atoms with van der Waals surface area (Å²) in [4.78, 5) is 4.83. The summed E-state index contributed by atoms with van der Waals surface area (Å²) < 4.78 is 13.6. The molecule has 0 aliphatic heterocycles. The molecule has 72 heavy (non-hydrogen) atoms. The topological polar surface area (TPSA) is 32.8 Å². The predicted octanol–water partition coefficient (Wildman–Crippen LogP) is 19.7. The highest BCUT2D eigenvalue weighted by Crippen LogP contribution is 2.55. The fraction of sp³-hybridized carbons (Fsp3) is 0.0588. The Balaban J connectivity index is 0.954. The fourth-order valence-corrected chi connectivity index (χ4v) is 12.4. The molecule has 1 aliphatic carbocycles. The predicted molar refractivity (Wildman–Crippen MR) is 303 cm³/mol. The van der Waals surface area contributed by atoms with Gasteiger partial charge in [-0.25, -0.2) is 0 Å². The number of fused-ring (bicyclic) bond motifs is 12. The minimum absolute atomic E-state index is 0.350. The molecule has 0 amide bonds. The average molecular weight is 923 g/mol. The summed E-state index contributed by atoms with van der Waals surface area (Å²) in [6.45, 7) is 7.13. The molecule has 12 aromatic carbocycles. The van der Waals surface area contributed by atoms with Gasteiger partial charge in [0.15, 0.2) is 11.2 Å². The van der Waals surface area contributed by atoms with E-state index in [4.69, 9.17) is 8.83 Å². The van der Waals surface area contributed by atoms with Crippen molar-refractivity contribution in [1.82, 2.24) is 0 Å². The van der Waals surface area contributed by atoms with E-state index in [2.05, 4.69) is 243 Å². The van der Waals surface area contributed by atoms with Gasteiger partial charge in [-0.1, -0.05) is 178 Å². The lowest BCUT2D eigenvalue weighted by molar-refractivity contribution is 0.645. The van der Waals surface area contributed by atoms with Crippen LogP contribution in [0.15, 0.2) is 233 Å². The van der Waals surface area contributed by atoms with Gasteiger partial charge in [0, 0.05) is 49.1 Å². The minimum Gasteiger partial charge on any atom is -0.454 e. The van der Waals surface area contributed by atoms with Crippen molar-refractivity contribution in [2.45, 2.75) is 26.2 Å². The number of rotatable bonds is 6. The summed E-state index contributed by atoms with van der Waals surface area (Å²) in [5.74, 6) is 0. The van der Waals surface area contributed by atoms with Gasteiger partial charge in [-0.3, -0.25) is 0 Å². The number of hydrogen-bond donors (Lipinski definition) is 0. The highest BCUT2D eigenvalue weighted by molar-refractivity contribution is 6.20. The normalized spacial score (nSPS) is 13.0. The zero-order chi connectivity index (χ0) is 47.8. The first-order valence-electron chi connectivity index (χ1n) is 24.9. The number of anilines is 6. The van der Waals surface area contributed by atoms with E-state index in [-0.39, 0.29) is 5.41 Å². The zero-order valence-corrected chi connectivity index (χ0v) is 40.1. The van der Waals surface area contributed by atoms with Crippen LogP contribution in [0.3, 0.4) is 0 Å². The maximum atomic E-state index is 6.79. The molecule has 1 aliphatic rings. The molecule has 0 N–H and O–H groups in total. The zero-order valence-electron chi connectivity index (χ0n) is 40.1. The molecule has 0 bridgehead atoms. The molecule has 0 saturated carbocycles. The van der Waals surface area contributed by atoms with Crippen LogP contribution in [0.1, 0.15) is 30.5 Å². The van der Waals surface area contributed by atoms with Crippen LogP contribution >= 0.6 is 0 Å². The Morgan fingerprint density at radius 2 is 0.806 bits per heavy atom. The molecule has 14 aromatic rings. The van der Waals surface area contributed by atoms with Gasteiger partial charge in [-0.05, 0) is 128 Å². The van der Waals surface area contributed by atoms with Crippen LogP contribution in [0.4, 0.5) is 34.1 Å². The molecule has 15 rings (SSSR count). The molecule has 340 valence electrons. The first-order valence-corrected chi connectivity index (χ1v) is 24.9. The molecule has 0 unspecified atom stereocenters. The Morgan fingerprint density at radius 1 is 0.347 bits per heavy atom. The molecule has 2 aromatic heterocycles. The number of aryl methyl sites for hydroxylation is 1. The summed E-state index contributed by atoms with van der Waals surface area (Å²) >= 11 is 0. The largest absolute Gasteiger partial charge is 0.454 e. The van der Waals surface area contributed by atoms with Crippen LogP contribution in [0.5, 0.6) is 0 Å². The van der Waals surface area contributed by atoms with Crippen molar-refractivity contribution in [2.24, 2.45) is 0 Å². The van der Waals surface area contributed by atoms with Gasteiger partial charge >= 0.3 is 0 Å². The Hall–Kier alpha value is -9.12. The fourth-order valence-electron chi connectivity index (χ4n) is 12.4. The van der Waals surface area contributed by atoms with Gasteiger partial charge in [0.1, 0.15) is 11.2 Å². The Morgan fingerprint density at radius 3 is 1.42 bits per heavy atom. The molecule has 0 spiro atoms. The van der Waals surface area contributed by atoms with Crippen LogP contribution < -0.4 is 9.80 Å². The lowest BCUT2D eigenvalue weighted by Crippen LogP contribution is -2.25. The molecule has 4 heteroatoms. The van der Waals surface area contributed by atoms with Gasteiger partial charge in [-0.2, -0.15) is 0 Å². The molecule has 2 heterocycles. The third-order valence-corrected chi connectivity index (χ3v) is 15.8. The molecular formula is C68H46N2O2. The molecule has 4 nitrogen and oxygen atoms in total. The Labute approximate surface area is 416 Å². The van der Waals surface area contributed by atoms with Crippen molar-refractivity contribution in [3.8, 4) is 11.1 Å². The maximum Gasteiger partial charge on any atom is 0.159 e. The molecule has 0 fully saturated rings. The van der Waals surface area contributed by atoms with E-state index in [1.807, 2.05) is 12.1 Å². The van der Waals surface area contributed by atoms with E-state index in [0.717, 1.165) is 78.0 Å². The average Bonchev–Trinajstić information content (AvgIpc) is 4.01. The third-order valence-electron chi connectivity index (χ3n) is 15.8. The highest BCUT2D eigenvalue weighted by atomic mass is 16.3. The van der Waals surface area contributed by atoms with E-state index in [0.29, 0.717) is 0 Å². The summed E-state index contributed by atoms with van der Waals surface area (Å²) in [7, 11) is 0. The van der Waals surface area contributed by atoms with Gasteiger partial charge in [-0.15, -0.1) is 0 Å². The van der Waals surface area contributed by atoms with Crippen molar-refractivity contribution in [3.63, 3.8) is 0 Å². The van der Waals surface area contributed by atoms with E-state index in [1.165, 1.54) is 70.9 Å². The van der Waals surface area contributed by atoms with Crippen molar-refractivity contribution >= 4 is 121 Å². The van der Waals surface area contributed by atoms with Gasteiger partial charge in [0.25, 0.3) is 0 Å². The number of para-hydroxylation sites is 4. The second-order valence-electron chi connectivity index (χ2n) is 20.0. The van der Waals surface area contributed by atoms with Crippen molar-refractivity contribution in [1.29, 1.82) is 0 Å². The number of nitrogens with zero attached hydrogens (tertiary/aromatic N) is 2. The minimum atomic E-state index is -0.350. The van der Waals surface area contributed by atoms with Gasteiger partial charge < -0.3 is 18.6 Å². The van der Waals surface area contributed by atoms with Crippen molar-refractivity contribution < 1.29 is 8.83 Å². The smallest absolute Gasteiger partial charge is 0.159 e. The second kappa shape index (κ2) is 15.2. The summed E-state index contributed by atoms with van der Waals surface area (Å²) in [6, 6.07) is 81.6. The van der Waals surface area contributed by atoms with Crippen LogP contribution in [-0.4, -0.2) is 0 Å². The van der Waals surface area contributed by atoms with Crippen LogP contribution in [0.2, 0.25) is 0 Å². The van der Waals surface area contributed by atoms with Gasteiger partial charge in [0.05, 0.1) is 22.7 Å².